The SMILES string of the molecule is COc1cc(NC(C)CCN(C=O)c2ccc(-c3n[nH]c(=O)c4ccccc34)cc2)ccc1N1CCOCC1. The van der Waals surface area contributed by atoms with Gasteiger partial charge in [0, 0.05) is 54.1 Å². The number of amides is 1. The number of fused-ring (bicyclic) bond motifs is 1. The fraction of sp³-hybridized carbons (Fsp3) is 0.300. The second kappa shape index (κ2) is 12.0. The molecule has 1 saturated heterocycles. The number of anilines is 3. The number of aromatic amines is 1. The first-order valence-electron chi connectivity index (χ1n) is 13.1. The summed E-state index contributed by atoms with van der Waals surface area (Å²) in [6, 6.07) is 21.3. The summed E-state index contributed by atoms with van der Waals surface area (Å²) in [6.07, 6.45) is 1.61. The molecule has 0 spiro atoms. The first kappa shape index (κ1) is 26.2. The summed E-state index contributed by atoms with van der Waals surface area (Å²) in [5, 5.41) is 11.8. The highest BCUT2D eigenvalue weighted by atomic mass is 16.5. The molecule has 2 N–H and O–H groups in total. The van der Waals surface area contributed by atoms with Crippen LogP contribution in [-0.4, -0.2) is 62.6 Å². The Balaban J connectivity index is 1.22. The van der Waals surface area contributed by atoms with Crippen molar-refractivity contribution < 1.29 is 14.3 Å². The van der Waals surface area contributed by atoms with Crippen LogP contribution in [0.3, 0.4) is 0 Å². The van der Waals surface area contributed by atoms with Crippen molar-refractivity contribution in [3.8, 4) is 17.0 Å². The van der Waals surface area contributed by atoms with E-state index in [9.17, 15) is 9.59 Å². The van der Waals surface area contributed by atoms with Crippen molar-refractivity contribution in [2.75, 3.05) is 55.1 Å². The lowest BCUT2D eigenvalue weighted by Gasteiger charge is -2.30. The van der Waals surface area contributed by atoms with Crippen molar-refractivity contribution in [3.63, 3.8) is 0 Å². The molecule has 39 heavy (non-hydrogen) atoms. The highest BCUT2D eigenvalue weighted by Gasteiger charge is 2.17. The first-order valence-corrected chi connectivity index (χ1v) is 13.1. The molecular formula is C30H33N5O4. The van der Waals surface area contributed by atoms with Crippen LogP contribution < -0.4 is 25.4 Å². The minimum Gasteiger partial charge on any atom is -0.495 e. The van der Waals surface area contributed by atoms with E-state index >= 15 is 0 Å². The van der Waals surface area contributed by atoms with E-state index in [1.807, 2.05) is 48.5 Å². The van der Waals surface area contributed by atoms with Gasteiger partial charge >= 0.3 is 0 Å². The van der Waals surface area contributed by atoms with Gasteiger partial charge in [-0.05, 0) is 43.7 Å². The third-order valence-electron chi connectivity index (χ3n) is 7.04. The topological polar surface area (TPSA) is 99.8 Å². The van der Waals surface area contributed by atoms with Gasteiger partial charge in [-0.3, -0.25) is 9.59 Å². The Labute approximate surface area is 227 Å². The Bertz CT molecular complexity index is 1480. The number of H-pyrrole nitrogens is 1. The van der Waals surface area contributed by atoms with Crippen LogP contribution in [-0.2, 0) is 9.53 Å². The normalized spacial score (nSPS) is 14.2. The molecule has 202 valence electrons. The van der Waals surface area contributed by atoms with Gasteiger partial charge in [-0.25, -0.2) is 5.10 Å². The van der Waals surface area contributed by atoms with Crippen LogP contribution in [0, 0.1) is 0 Å². The molecular weight excluding hydrogens is 494 g/mol. The van der Waals surface area contributed by atoms with Gasteiger partial charge in [0.1, 0.15) is 5.75 Å². The van der Waals surface area contributed by atoms with Crippen molar-refractivity contribution in [1.29, 1.82) is 0 Å². The highest BCUT2D eigenvalue weighted by molar-refractivity contribution is 5.94. The van der Waals surface area contributed by atoms with Crippen molar-refractivity contribution in [2.45, 2.75) is 19.4 Å². The second-order valence-electron chi connectivity index (χ2n) is 9.61. The molecule has 3 aromatic carbocycles. The number of carbonyl (C=O) groups excluding carboxylic acids is 1. The van der Waals surface area contributed by atoms with Gasteiger partial charge < -0.3 is 24.6 Å². The van der Waals surface area contributed by atoms with Crippen LogP contribution in [0.25, 0.3) is 22.0 Å². The average Bonchev–Trinajstić information content (AvgIpc) is 2.98. The molecule has 0 bridgehead atoms. The van der Waals surface area contributed by atoms with Gasteiger partial charge in [0.05, 0.1) is 37.1 Å². The minimum atomic E-state index is -0.215. The summed E-state index contributed by atoms with van der Waals surface area (Å²) in [6.45, 7) is 5.79. The lowest BCUT2D eigenvalue weighted by molar-refractivity contribution is -0.107. The Morgan fingerprint density at radius 1 is 1.10 bits per heavy atom. The van der Waals surface area contributed by atoms with E-state index < -0.39 is 0 Å². The lowest BCUT2D eigenvalue weighted by Crippen LogP contribution is -2.36. The number of benzene rings is 3. The van der Waals surface area contributed by atoms with E-state index in [2.05, 4.69) is 39.5 Å². The van der Waals surface area contributed by atoms with Crippen molar-refractivity contribution >= 4 is 34.2 Å². The first-order chi connectivity index (χ1) is 19.1. The number of nitrogens with zero attached hydrogens (tertiary/aromatic N) is 3. The van der Waals surface area contributed by atoms with E-state index in [4.69, 9.17) is 9.47 Å². The maximum absolute atomic E-state index is 12.1. The Morgan fingerprint density at radius 3 is 2.56 bits per heavy atom. The molecule has 4 aromatic rings. The number of hydrogen-bond acceptors (Lipinski definition) is 7. The van der Waals surface area contributed by atoms with Crippen molar-refractivity contribution in [2.24, 2.45) is 0 Å². The minimum absolute atomic E-state index is 0.127. The van der Waals surface area contributed by atoms with Crippen LogP contribution in [0.2, 0.25) is 0 Å². The molecule has 9 heteroatoms. The Hall–Kier alpha value is -4.37. The van der Waals surface area contributed by atoms with E-state index in [0.29, 0.717) is 17.6 Å². The number of morpholine rings is 1. The van der Waals surface area contributed by atoms with E-state index in [-0.39, 0.29) is 11.6 Å². The molecule has 9 nitrogen and oxygen atoms in total. The van der Waals surface area contributed by atoms with Gasteiger partial charge in [-0.15, -0.1) is 0 Å². The number of nitrogens with one attached hydrogen (secondary N) is 2. The molecule has 5 rings (SSSR count). The summed E-state index contributed by atoms with van der Waals surface area (Å²) < 4.78 is 11.1. The lowest BCUT2D eigenvalue weighted by atomic mass is 10.0. The molecule has 1 aliphatic rings. The van der Waals surface area contributed by atoms with Crippen molar-refractivity contribution in [1.82, 2.24) is 10.2 Å². The molecule has 0 saturated carbocycles. The maximum atomic E-state index is 12.1. The number of rotatable bonds is 10. The quantitative estimate of drug-likeness (QED) is 0.297. The molecule has 1 aliphatic heterocycles. The smallest absolute Gasteiger partial charge is 0.272 e. The Kier molecular flexibility index (Phi) is 8.07. The number of aromatic nitrogens is 2. The third kappa shape index (κ3) is 5.88. The van der Waals surface area contributed by atoms with Crippen molar-refractivity contribution in [3.05, 3.63) is 77.1 Å². The second-order valence-corrected chi connectivity index (χ2v) is 9.61. The zero-order valence-electron chi connectivity index (χ0n) is 22.2. The molecule has 1 fully saturated rings. The van der Waals surface area contributed by atoms with E-state index in [0.717, 1.165) is 72.9 Å². The molecule has 1 unspecified atom stereocenters. The molecule has 0 aliphatic carbocycles. The van der Waals surface area contributed by atoms with Crippen LogP contribution in [0.5, 0.6) is 5.75 Å². The number of methoxy groups -OCH3 is 1. The average molecular weight is 528 g/mol. The monoisotopic (exact) mass is 527 g/mol. The zero-order valence-corrected chi connectivity index (χ0v) is 22.2. The molecule has 1 aromatic heterocycles. The van der Waals surface area contributed by atoms with Crippen LogP contribution in [0.1, 0.15) is 13.3 Å². The van der Waals surface area contributed by atoms with Gasteiger partial charge in [0.2, 0.25) is 6.41 Å². The van der Waals surface area contributed by atoms with Gasteiger partial charge in [0.15, 0.2) is 0 Å². The highest BCUT2D eigenvalue weighted by Crippen LogP contribution is 2.32. The summed E-state index contributed by atoms with van der Waals surface area (Å²) >= 11 is 0. The number of carbonyl (C=O) groups is 1. The van der Waals surface area contributed by atoms with E-state index in [1.165, 1.54) is 0 Å². The zero-order chi connectivity index (χ0) is 27.2. The molecule has 1 amide bonds. The van der Waals surface area contributed by atoms with Crippen LogP contribution in [0.4, 0.5) is 17.1 Å². The van der Waals surface area contributed by atoms with E-state index in [1.54, 1.807) is 18.1 Å². The Morgan fingerprint density at radius 2 is 1.85 bits per heavy atom. The van der Waals surface area contributed by atoms with Crippen LogP contribution in [0.15, 0.2) is 71.5 Å². The summed E-state index contributed by atoms with van der Waals surface area (Å²) in [5.74, 6) is 0.827. The van der Waals surface area contributed by atoms with Gasteiger partial charge in [-0.2, -0.15) is 5.10 Å². The molecule has 1 atom stereocenters. The van der Waals surface area contributed by atoms with Crippen LogP contribution >= 0.6 is 0 Å². The third-order valence-corrected chi connectivity index (χ3v) is 7.04. The predicted molar refractivity (Wildman–Crippen MR) is 155 cm³/mol. The summed E-state index contributed by atoms with van der Waals surface area (Å²) in [5.41, 5.74) is 4.18. The standard InChI is InChI=1S/C30H33N5O4/c1-21(31-23-9-12-27(28(19-23)38-2)34-15-17-39-18-16-34)13-14-35(20-36)24-10-7-22(8-11-24)29-25-5-3-4-6-26(25)30(37)33-32-29/h3-12,19-21,31H,13-18H2,1-2H3,(H,33,37). The summed E-state index contributed by atoms with van der Waals surface area (Å²) in [4.78, 5) is 28.0. The molecule has 2 heterocycles. The van der Waals surface area contributed by atoms with Gasteiger partial charge in [-0.1, -0.05) is 30.3 Å². The largest absolute Gasteiger partial charge is 0.495 e. The predicted octanol–water partition coefficient (Wildman–Crippen LogP) is 4.29. The van der Waals surface area contributed by atoms with Gasteiger partial charge in [0.25, 0.3) is 5.56 Å². The maximum Gasteiger partial charge on any atom is 0.272 e. The fourth-order valence-corrected chi connectivity index (χ4v) is 4.91. The fourth-order valence-electron chi connectivity index (χ4n) is 4.91. The number of hydrogen-bond donors (Lipinski definition) is 2. The molecule has 0 radical (unpaired) electrons. The summed E-state index contributed by atoms with van der Waals surface area (Å²) in [7, 11) is 1.69. The number of ether oxygens (including phenoxy) is 2.